The van der Waals surface area contributed by atoms with Crippen molar-refractivity contribution >= 4 is 33.0 Å². The summed E-state index contributed by atoms with van der Waals surface area (Å²) in [6.07, 6.45) is 0. The van der Waals surface area contributed by atoms with Gasteiger partial charge in [-0.05, 0) is 50.2 Å². The Kier molecular flexibility index (Phi) is 5.87. The summed E-state index contributed by atoms with van der Waals surface area (Å²) in [5.74, 6) is -3.94. The predicted octanol–water partition coefficient (Wildman–Crippen LogP) is 4.13. The molecule has 1 N–H and O–H groups in total. The van der Waals surface area contributed by atoms with Gasteiger partial charge < -0.3 is 10.1 Å². The zero-order chi connectivity index (χ0) is 19.5. The molecule has 2 aromatic rings. The summed E-state index contributed by atoms with van der Waals surface area (Å²) in [5, 5.41) is 2.83. The van der Waals surface area contributed by atoms with E-state index >= 15 is 0 Å². The molecule has 0 aliphatic rings. The van der Waals surface area contributed by atoms with Gasteiger partial charge in [-0.3, -0.25) is 4.79 Å². The number of nitrogens with one attached hydrogen (secondary N) is 1. The molecule has 0 heterocycles. The largest absolute Gasteiger partial charge is 0.478 e. The highest BCUT2D eigenvalue weighted by Crippen LogP contribution is 2.28. The molecule has 0 saturated carbocycles. The number of carbonyl (C=O) groups excluding carboxylic acids is 1. The maximum atomic E-state index is 12.8. The summed E-state index contributed by atoms with van der Waals surface area (Å²) < 4.78 is 54.8. The Morgan fingerprint density at radius 1 is 1.12 bits per heavy atom. The van der Waals surface area contributed by atoms with Crippen molar-refractivity contribution in [2.24, 2.45) is 0 Å². The van der Waals surface area contributed by atoms with Crippen molar-refractivity contribution in [1.82, 2.24) is 0 Å². The molecular formula is C17H16ClF2NO4S. The van der Waals surface area contributed by atoms with E-state index in [1.54, 1.807) is 24.3 Å². The third kappa shape index (κ3) is 4.50. The Morgan fingerprint density at radius 2 is 1.69 bits per heavy atom. The highest BCUT2D eigenvalue weighted by molar-refractivity contribution is 7.91. The summed E-state index contributed by atoms with van der Waals surface area (Å²) >= 11 is 5.79. The summed E-state index contributed by atoms with van der Waals surface area (Å²) in [4.78, 5) is 11.8. The van der Waals surface area contributed by atoms with E-state index in [1.807, 2.05) is 0 Å². The minimum Gasteiger partial charge on any atom is -0.478 e. The zero-order valence-electron chi connectivity index (χ0n) is 13.9. The number of anilines is 1. The summed E-state index contributed by atoms with van der Waals surface area (Å²) in [7, 11) is -4.87. The fourth-order valence-corrected chi connectivity index (χ4v) is 3.04. The molecular weight excluding hydrogens is 388 g/mol. The second-order valence-electron chi connectivity index (χ2n) is 5.82. The van der Waals surface area contributed by atoms with Crippen LogP contribution in [0.1, 0.15) is 13.8 Å². The van der Waals surface area contributed by atoms with Crippen LogP contribution < -0.4 is 10.1 Å². The van der Waals surface area contributed by atoms with Gasteiger partial charge in [0.25, 0.3) is 5.91 Å². The molecule has 2 rings (SSSR count). The lowest BCUT2D eigenvalue weighted by Crippen LogP contribution is -2.42. The molecule has 0 unspecified atom stereocenters. The molecule has 0 atom stereocenters. The summed E-state index contributed by atoms with van der Waals surface area (Å²) in [6.45, 7) is 2.92. The van der Waals surface area contributed by atoms with Gasteiger partial charge in [0.1, 0.15) is 5.75 Å². The first-order valence-corrected chi connectivity index (χ1v) is 9.33. The monoisotopic (exact) mass is 403 g/mol. The SMILES string of the molecule is CC(C)(Oc1ccc(Cl)cc1)C(=O)Nc1ccccc1S(=O)(=O)C(F)F. The van der Waals surface area contributed by atoms with E-state index < -0.39 is 32.0 Å². The number of alkyl halides is 2. The zero-order valence-corrected chi connectivity index (χ0v) is 15.4. The van der Waals surface area contributed by atoms with E-state index in [2.05, 4.69) is 5.32 Å². The molecule has 140 valence electrons. The number of carbonyl (C=O) groups is 1. The Labute approximate surface area is 154 Å². The van der Waals surface area contributed by atoms with Gasteiger partial charge in [-0.1, -0.05) is 23.7 Å². The van der Waals surface area contributed by atoms with Crippen LogP contribution >= 0.6 is 11.6 Å². The third-order valence-corrected chi connectivity index (χ3v) is 5.10. The quantitative estimate of drug-likeness (QED) is 0.787. The van der Waals surface area contributed by atoms with Crippen LogP contribution in [0.3, 0.4) is 0 Å². The molecule has 9 heteroatoms. The Balaban J connectivity index is 2.25. The van der Waals surface area contributed by atoms with Crippen LogP contribution in [0.15, 0.2) is 53.4 Å². The van der Waals surface area contributed by atoms with Crippen LogP contribution in [0.25, 0.3) is 0 Å². The van der Waals surface area contributed by atoms with Crippen molar-refractivity contribution in [2.45, 2.75) is 30.1 Å². The highest BCUT2D eigenvalue weighted by atomic mass is 35.5. The number of halogens is 3. The number of sulfone groups is 1. The lowest BCUT2D eigenvalue weighted by atomic mass is 10.1. The molecule has 0 saturated heterocycles. The van der Waals surface area contributed by atoms with Crippen LogP contribution in [-0.2, 0) is 14.6 Å². The van der Waals surface area contributed by atoms with Gasteiger partial charge in [0.2, 0.25) is 9.84 Å². The van der Waals surface area contributed by atoms with E-state index in [0.717, 1.165) is 6.07 Å². The minimum absolute atomic E-state index is 0.245. The van der Waals surface area contributed by atoms with Crippen molar-refractivity contribution in [1.29, 1.82) is 0 Å². The molecule has 1 amide bonds. The number of para-hydroxylation sites is 1. The number of hydrogen-bond donors (Lipinski definition) is 1. The van der Waals surface area contributed by atoms with Crippen LogP contribution in [0, 0.1) is 0 Å². The van der Waals surface area contributed by atoms with Crippen molar-refractivity contribution in [3.8, 4) is 5.75 Å². The first-order valence-electron chi connectivity index (χ1n) is 7.41. The topological polar surface area (TPSA) is 72.5 Å². The second-order valence-corrected chi connectivity index (χ2v) is 8.14. The second kappa shape index (κ2) is 7.59. The Hall–Kier alpha value is -2.19. The van der Waals surface area contributed by atoms with E-state index in [-0.39, 0.29) is 5.69 Å². The van der Waals surface area contributed by atoms with Gasteiger partial charge in [0, 0.05) is 5.02 Å². The molecule has 26 heavy (non-hydrogen) atoms. The van der Waals surface area contributed by atoms with Gasteiger partial charge in [-0.25, -0.2) is 8.42 Å². The predicted molar refractivity (Wildman–Crippen MR) is 94.4 cm³/mol. The number of benzene rings is 2. The maximum Gasteiger partial charge on any atom is 0.341 e. The van der Waals surface area contributed by atoms with Gasteiger partial charge >= 0.3 is 5.76 Å². The fourth-order valence-electron chi connectivity index (χ4n) is 2.03. The lowest BCUT2D eigenvalue weighted by Gasteiger charge is -2.26. The maximum absolute atomic E-state index is 12.8. The first-order chi connectivity index (χ1) is 12.0. The van der Waals surface area contributed by atoms with Crippen molar-refractivity contribution in [2.75, 3.05) is 5.32 Å². The van der Waals surface area contributed by atoms with Crippen LogP contribution in [0.5, 0.6) is 5.75 Å². The van der Waals surface area contributed by atoms with Crippen LogP contribution in [0.4, 0.5) is 14.5 Å². The molecule has 0 aromatic heterocycles. The Morgan fingerprint density at radius 3 is 2.27 bits per heavy atom. The first kappa shape index (κ1) is 20.1. The molecule has 0 aliphatic heterocycles. The van der Waals surface area contributed by atoms with E-state index in [9.17, 15) is 22.0 Å². The molecule has 5 nitrogen and oxygen atoms in total. The lowest BCUT2D eigenvalue weighted by molar-refractivity contribution is -0.128. The average Bonchev–Trinajstić information content (AvgIpc) is 2.57. The molecule has 0 radical (unpaired) electrons. The van der Waals surface area contributed by atoms with Crippen LogP contribution in [-0.4, -0.2) is 25.7 Å². The van der Waals surface area contributed by atoms with E-state index in [0.29, 0.717) is 10.8 Å². The van der Waals surface area contributed by atoms with Crippen molar-refractivity contribution in [3.05, 3.63) is 53.6 Å². The molecule has 0 fully saturated rings. The van der Waals surface area contributed by atoms with E-state index in [1.165, 1.54) is 32.0 Å². The van der Waals surface area contributed by atoms with Gasteiger partial charge in [-0.15, -0.1) is 0 Å². The fraction of sp³-hybridized carbons (Fsp3) is 0.235. The Bertz CT molecular complexity index is 899. The van der Waals surface area contributed by atoms with Crippen molar-refractivity contribution in [3.63, 3.8) is 0 Å². The van der Waals surface area contributed by atoms with Crippen LogP contribution in [0.2, 0.25) is 5.02 Å². The molecule has 0 spiro atoms. The van der Waals surface area contributed by atoms with Crippen molar-refractivity contribution < 1.29 is 26.7 Å². The number of hydrogen-bond acceptors (Lipinski definition) is 4. The normalized spacial score (nSPS) is 12.1. The van der Waals surface area contributed by atoms with Gasteiger partial charge in [-0.2, -0.15) is 8.78 Å². The smallest absolute Gasteiger partial charge is 0.341 e. The number of rotatable bonds is 6. The molecule has 2 aromatic carbocycles. The minimum atomic E-state index is -4.87. The molecule has 0 bridgehead atoms. The highest BCUT2D eigenvalue weighted by Gasteiger charge is 2.33. The summed E-state index contributed by atoms with van der Waals surface area (Å²) in [5.41, 5.74) is -1.65. The average molecular weight is 404 g/mol. The standard InChI is InChI=1S/C17H16ClF2NO4S/c1-17(2,25-12-9-7-11(18)8-10-12)15(22)21-13-5-3-4-6-14(13)26(23,24)16(19)20/h3-10,16H,1-2H3,(H,21,22). The van der Waals surface area contributed by atoms with Gasteiger partial charge in [0.05, 0.1) is 10.6 Å². The number of amides is 1. The molecule has 0 aliphatic carbocycles. The number of ether oxygens (including phenoxy) is 1. The van der Waals surface area contributed by atoms with Gasteiger partial charge in [0.15, 0.2) is 5.60 Å². The summed E-state index contributed by atoms with van der Waals surface area (Å²) in [6, 6.07) is 11.2. The van der Waals surface area contributed by atoms with E-state index in [4.69, 9.17) is 16.3 Å². The third-order valence-electron chi connectivity index (χ3n) is 3.41.